The maximum Gasteiger partial charge on any atom is 0.255 e. The van der Waals surface area contributed by atoms with Crippen LogP contribution in [0.1, 0.15) is 15.9 Å². The quantitative estimate of drug-likeness (QED) is 0.893. The number of nitrogens with one attached hydrogen (secondary N) is 2. The third kappa shape index (κ3) is 3.68. The maximum atomic E-state index is 11.9. The van der Waals surface area contributed by atoms with Crippen molar-refractivity contribution >= 4 is 17.5 Å². The Morgan fingerprint density at radius 2 is 1.60 bits per heavy atom. The summed E-state index contributed by atoms with van der Waals surface area (Å²) in [5.41, 5.74) is 2.23. The van der Waals surface area contributed by atoms with Gasteiger partial charge in [-0.2, -0.15) is 0 Å². The molecule has 0 aliphatic rings. The zero-order valence-corrected chi connectivity index (χ0v) is 11.2. The molecule has 0 saturated carbocycles. The molecule has 0 saturated heterocycles. The van der Waals surface area contributed by atoms with E-state index >= 15 is 0 Å². The Morgan fingerprint density at radius 3 is 2.20 bits per heavy atom. The monoisotopic (exact) mass is 268 g/mol. The molecular weight excluding hydrogens is 252 g/mol. The summed E-state index contributed by atoms with van der Waals surface area (Å²) >= 11 is 0. The highest BCUT2D eigenvalue weighted by molar-refractivity contribution is 6.04. The Bertz CT molecular complexity index is 592. The van der Waals surface area contributed by atoms with Gasteiger partial charge in [0.15, 0.2) is 0 Å². The van der Waals surface area contributed by atoms with Crippen molar-refractivity contribution in [1.29, 1.82) is 0 Å². The van der Waals surface area contributed by atoms with E-state index in [1.807, 2.05) is 30.3 Å². The van der Waals surface area contributed by atoms with E-state index in [9.17, 15) is 9.59 Å². The van der Waals surface area contributed by atoms with Crippen LogP contribution in [-0.2, 0) is 11.2 Å². The first-order chi connectivity index (χ1) is 9.69. The fourth-order valence-electron chi connectivity index (χ4n) is 1.77. The SMILES string of the molecule is CNC(=O)Cc1ccc(NC(=O)c2ccccc2)cc1. The number of hydrogen-bond acceptors (Lipinski definition) is 2. The summed E-state index contributed by atoms with van der Waals surface area (Å²) in [4.78, 5) is 23.2. The van der Waals surface area contributed by atoms with Crippen LogP contribution in [0.4, 0.5) is 5.69 Å². The van der Waals surface area contributed by atoms with E-state index in [0.717, 1.165) is 5.56 Å². The minimum atomic E-state index is -0.148. The molecular formula is C16H16N2O2. The summed E-state index contributed by atoms with van der Waals surface area (Å²) in [5, 5.41) is 5.39. The lowest BCUT2D eigenvalue weighted by atomic mass is 10.1. The summed E-state index contributed by atoms with van der Waals surface area (Å²) in [7, 11) is 1.61. The molecule has 4 nitrogen and oxygen atoms in total. The van der Waals surface area contributed by atoms with Gasteiger partial charge in [0.25, 0.3) is 5.91 Å². The summed E-state index contributed by atoms with van der Waals surface area (Å²) in [6, 6.07) is 16.3. The molecule has 0 unspecified atom stereocenters. The van der Waals surface area contributed by atoms with E-state index in [4.69, 9.17) is 0 Å². The molecule has 102 valence electrons. The van der Waals surface area contributed by atoms with Crippen LogP contribution in [0.5, 0.6) is 0 Å². The Morgan fingerprint density at radius 1 is 0.950 bits per heavy atom. The molecule has 2 aromatic carbocycles. The van der Waals surface area contributed by atoms with Gasteiger partial charge in [-0.3, -0.25) is 9.59 Å². The molecule has 2 rings (SSSR count). The fraction of sp³-hybridized carbons (Fsp3) is 0.125. The number of carbonyl (C=O) groups is 2. The van der Waals surface area contributed by atoms with Gasteiger partial charge in [-0.1, -0.05) is 30.3 Å². The number of carbonyl (C=O) groups excluding carboxylic acids is 2. The minimum Gasteiger partial charge on any atom is -0.359 e. The van der Waals surface area contributed by atoms with Crippen LogP contribution in [0, 0.1) is 0 Å². The van der Waals surface area contributed by atoms with Crippen LogP contribution in [-0.4, -0.2) is 18.9 Å². The molecule has 0 spiro atoms. The van der Waals surface area contributed by atoms with Gasteiger partial charge >= 0.3 is 0 Å². The van der Waals surface area contributed by atoms with Crippen molar-refractivity contribution in [3.8, 4) is 0 Å². The second-order valence-electron chi connectivity index (χ2n) is 4.37. The smallest absolute Gasteiger partial charge is 0.255 e. The first-order valence-electron chi connectivity index (χ1n) is 6.35. The molecule has 0 aromatic heterocycles. The van der Waals surface area contributed by atoms with Crippen molar-refractivity contribution in [3.63, 3.8) is 0 Å². The van der Waals surface area contributed by atoms with Crippen LogP contribution < -0.4 is 10.6 Å². The number of rotatable bonds is 4. The third-order valence-electron chi connectivity index (χ3n) is 2.89. The topological polar surface area (TPSA) is 58.2 Å². The predicted octanol–water partition coefficient (Wildman–Crippen LogP) is 2.23. The van der Waals surface area contributed by atoms with Crippen molar-refractivity contribution in [2.45, 2.75) is 6.42 Å². The minimum absolute atomic E-state index is 0.0360. The molecule has 0 aliphatic heterocycles. The average Bonchev–Trinajstić information content (AvgIpc) is 2.50. The van der Waals surface area contributed by atoms with Gasteiger partial charge in [-0.05, 0) is 29.8 Å². The lowest BCUT2D eigenvalue weighted by molar-refractivity contribution is -0.119. The van der Waals surface area contributed by atoms with Crippen molar-refractivity contribution in [2.75, 3.05) is 12.4 Å². The number of likely N-dealkylation sites (N-methyl/N-ethyl adjacent to an activating group) is 1. The summed E-state index contributed by atoms with van der Waals surface area (Å²) in [5.74, 6) is -0.185. The first-order valence-corrected chi connectivity index (χ1v) is 6.35. The molecule has 0 aliphatic carbocycles. The first kappa shape index (κ1) is 13.8. The predicted molar refractivity (Wildman–Crippen MR) is 78.6 cm³/mol. The van der Waals surface area contributed by atoms with Crippen LogP contribution in [0.3, 0.4) is 0 Å². The van der Waals surface area contributed by atoms with Gasteiger partial charge in [0.05, 0.1) is 6.42 Å². The van der Waals surface area contributed by atoms with Crippen molar-refractivity contribution in [2.24, 2.45) is 0 Å². The Hall–Kier alpha value is -2.62. The van der Waals surface area contributed by atoms with Gasteiger partial charge < -0.3 is 10.6 Å². The third-order valence-corrected chi connectivity index (χ3v) is 2.89. The zero-order chi connectivity index (χ0) is 14.4. The van der Waals surface area contributed by atoms with Crippen LogP contribution >= 0.6 is 0 Å². The average molecular weight is 268 g/mol. The molecule has 0 fully saturated rings. The van der Waals surface area contributed by atoms with Gasteiger partial charge in [-0.15, -0.1) is 0 Å². The van der Waals surface area contributed by atoms with E-state index < -0.39 is 0 Å². The summed E-state index contributed by atoms with van der Waals surface area (Å²) in [6.07, 6.45) is 0.337. The highest BCUT2D eigenvalue weighted by atomic mass is 16.2. The fourth-order valence-corrected chi connectivity index (χ4v) is 1.77. The summed E-state index contributed by atoms with van der Waals surface area (Å²) < 4.78 is 0. The number of anilines is 1. The second kappa shape index (κ2) is 6.52. The highest BCUT2D eigenvalue weighted by Gasteiger charge is 2.05. The molecule has 0 bridgehead atoms. The Kier molecular flexibility index (Phi) is 4.50. The zero-order valence-electron chi connectivity index (χ0n) is 11.2. The molecule has 0 atom stereocenters. The van der Waals surface area contributed by atoms with Crippen LogP contribution in [0.25, 0.3) is 0 Å². The number of amides is 2. The molecule has 4 heteroatoms. The Labute approximate surface area is 117 Å². The van der Waals surface area contributed by atoms with Crippen molar-refractivity contribution < 1.29 is 9.59 Å². The van der Waals surface area contributed by atoms with E-state index in [-0.39, 0.29) is 11.8 Å². The van der Waals surface area contributed by atoms with Crippen molar-refractivity contribution in [1.82, 2.24) is 5.32 Å². The Balaban J connectivity index is 2.00. The molecule has 2 N–H and O–H groups in total. The van der Waals surface area contributed by atoms with Crippen LogP contribution in [0.2, 0.25) is 0 Å². The normalized spacial score (nSPS) is 9.85. The van der Waals surface area contributed by atoms with Crippen molar-refractivity contribution in [3.05, 3.63) is 65.7 Å². The number of hydrogen-bond donors (Lipinski definition) is 2. The maximum absolute atomic E-state index is 11.9. The number of benzene rings is 2. The molecule has 2 aromatic rings. The van der Waals surface area contributed by atoms with Gasteiger partial charge in [0, 0.05) is 18.3 Å². The molecule has 20 heavy (non-hydrogen) atoms. The molecule has 0 radical (unpaired) electrons. The van der Waals surface area contributed by atoms with Gasteiger partial charge in [0.1, 0.15) is 0 Å². The van der Waals surface area contributed by atoms with E-state index in [2.05, 4.69) is 10.6 Å². The lowest BCUT2D eigenvalue weighted by Gasteiger charge is -2.06. The van der Waals surface area contributed by atoms with E-state index in [1.54, 1.807) is 31.3 Å². The second-order valence-corrected chi connectivity index (χ2v) is 4.37. The standard InChI is InChI=1S/C16H16N2O2/c1-17-15(19)11-12-7-9-14(10-8-12)18-16(20)13-5-3-2-4-6-13/h2-10H,11H2,1H3,(H,17,19)(H,18,20). The molecule has 2 amide bonds. The van der Waals surface area contributed by atoms with E-state index in [0.29, 0.717) is 17.7 Å². The van der Waals surface area contributed by atoms with Gasteiger partial charge in [0.2, 0.25) is 5.91 Å². The molecule has 0 heterocycles. The lowest BCUT2D eigenvalue weighted by Crippen LogP contribution is -2.19. The van der Waals surface area contributed by atoms with Gasteiger partial charge in [-0.25, -0.2) is 0 Å². The van der Waals surface area contributed by atoms with E-state index in [1.165, 1.54) is 0 Å². The highest BCUT2D eigenvalue weighted by Crippen LogP contribution is 2.12. The largest absolute Gasteiger partial charge is 0.359 e. The van der Waals surface area contributed by atoms with Crippen LogP contribution in [0.15, 0.2) is 54.6 Å². The summed E-state index contributed by atoms with van der Waals surface area (Å²) in [6.45, 7) is 0.